The second kappa shape index (κ2) is 6.89. The molecule has 0 aliphatic heterocycles. The number of nitrogens with one attached hydrogen (secondary N) is 1. The van der Waals surface area contributed by atoms with Gasteiger partial charge in [0.2, 0.25) is 5.91 Å². The normalized spacial score (nSPS) is 21.4. The van der Waals surface area contributed by atoms with Crippen LogP contribution in [0.1, 0.15) is 58.8 Å². The van der Waals surface area contributed by atoms with Crippen LogP contribution in [-0.2, 0) is 9.59 Å². The number of carboxylic acid groups (broad SMARTS) is 1. The van der Waals surface area contributed by atoms with Crippen LogP contribution in [0.15, 0.2) is 0 Å². The lowest BCUT2D eigenvalue weighted by atomic mass is 9.79. The van der Waals surface area contributed by atoms with E-state index in [1.165, 1.54) is 0 Å². The summed E-state index contributed by atoms with van der Waals surface area (Å²) in [5, 5.41) is 12.0. The number of carbonyl (C=O) groups excluding carboxylic acids is 1. The van der Waals surface area contributed by atoms with Crippen LogP contribution in [0, 0.1) is 5.92 Å². The van der Waals surface area contributed by atoms with E-state index in [4.69, 9.17) is 10.8 Å². The first-order valence-electron chi connectivity index (χ1n) is 7.19. The van der Waals surface area contributed by atoms with Crippen LogP contribution in [0.4, 0.5) is 0 Å². The lowest BCUT2D eigenvalue weighted by molar-refractivity contribution is -0.139. The van der Waals surface area contributed by atoms with E-state index in [2.05, 4.69) is 5.32 Å². The smallest absolute Gasteiger partial charge is 0.305 e. The van der Waals surface area contributed by atoms with Gasteiger partial charge >= 0.3 is 5.97 Å². The molecule has 110 valence electrons. The molecule has 1 unspecified atom stereocenters. The van der Waals surface area contributed by atoms with Crippen LogP contribution >= 0.6 is 0 Å². The molecular weight excluding hydrogens is 244 g/mol. The first-order valence-corrected chi connectivity index (χ1v) is 7.19. The molecule has 0 radical (unpaired) electrons. The summed E-state index contributed by atoms with van der Waals surface area (Å²) in [6.45, 7) is 3.93. The maximum atomic E-state index is 12.2. The molecule has 2 atom stereocenters. The van der Waals surface area contributed by atoms with Gasteiger partial charge in [0.05, 0.1) is 18.0 Å². The Morgan fingerprint density at radius 3 is 2.37 bits per heavy atom. The third-order valence-corrected chi connectivity index (χ3v) is 4.25. The van der Waals surface area contributed by atoms with Gasteiger partial charge in [-0.05, 0) is 18.8 Å². The Hall–Kier alpha value is -1.10. The fourth-order valence-corrected chi connectivity index (χ4v) is 2.72. The Bertz CT molecular complexity index is 325. The van der Waals surface area contributed by atoms with Crippen LogP contribution in [0.25, 0.3) is 0 Å². The molecule has 0 aromatic rings. The molecule has 0 saturated heterocycles. The number of carbonyl (C=O) groups is 2. The second-order valence-corrected chi connectivity index (χ2v) is 5.81. The quantitative estimate of drug-likeness (QED) is 0.684. The highest BCUT2D eigenvalue weighted by Crippen LogP contribution is 2.31. The van der Waals surface area contributed by atoms with Crippen molar-refractivity contribution in [3.8, 4) is 0 Å². The van der Waals surface area contributed by atoms with E-state index in [0.29, 0.717) is 0 Å². The summed E-state index contributed by atoms with van der Waals surface area (Å²) in [5.41, 5.74) is 5.33. The van der Waals surface area contributed by atoms with E-state index in [0.717, 1.165) is 38.5 Å². The Kier molecular flexibility index (Phi) is 5.79. The first-order chi connectivity index (χ1) is 8.90. The SMILES string of the molecule is CCC(C)[C@H](N)C(=O)NC1(CC(=O)O)CCCCC1. The van der Waals surface area contributed by atoms with Crippen molar-refractivity contribution in [2.24, 2.45) is 11.7 Å². The molecule has 0 spiro atoms. The number of aliphatic carboxylic acids is 1. The summed E-state index contributed by atoms with van der Waals surface area (Å²) < 4.78 is 0. The highest BCUT2D eigenvalue weighted by Gasteiger charge is 2.37. The number of amides is 1. The average molecular weight is 270 g/mol. The van der Waals surface area contributed by atoms with Gasteiger partial charge in [-0.15, -0.1) is 0 Å². The van der Waals surface area contributed by atoms with Crippen molar-refractivity contribution in [1.29, 1.82) is 0 Å². The minimum atomic E-state index is -0.862. The molecule has 4 N–H and O–H groups in total. The monoisotopic (exact) mass is 270 g/mol. The average Bonchev–Trinajstić information content (AvgIpc) is 2.36. The fraction of sp³-hybridized carbons (Fsp3) is 0.857. The maximum Gasteiger partial charge on any atom is 0.305 e. The van der Waals surface area contributed by atoms with Crippen LogP contribution in [-0.4, -0.2) is 28.6 Å². The van der Waals surface area contributed by atoms with Gasteiger partial charge in [-0.3, -0.25) is 9.59 Å². The summed E-state index contributed by atoms with van der Waals surface area (Å²) in [5.74, 6) is -0.970. The first kappa shape index (κ1) is 16.0. The minimum Gasteiger partial charge on any atom is -0.481 e. The summed E-state index contributed by atoms with van der Waals surface area (Å²) in [6, 6.07) is -0.558. The van der Waals surface area contributed by atoms with Crippen molar-refractivity contribution in [2.45, 2.75) is 70.4 Å². The predicted molar refractivity (Wildman–Crippen MR) is 73.6 cm³/mol. The molecule has 1 rings (SSSR count). The molecule has 19 heavy (non-hydrogen) atoms. The molecule has 0 aromatic heterocycles. The molecule has 0 aromatic carbocycles. The van der Waals surface area contributed by atoms with Gasteiger partial charge in [0, 0.05) is 0 Å². The van der Waals surface area contributed by atoms with Gasteiger partial charge in [0.15, 0.2) is 0 Å². The third kappa shape index (κ3) is 4.49. The molecule has 5 nitrogen and oxygen atoms in total. The van der Waals surface area contributed by atoms with Crippen LogP contribution in [0.3, 0.4) is 0 Å². The zero-order chi connectivity index (χ0) is 14.5. The second-order valence-electron chi connectivity index (χ2n) is 5.81. The number of hydrogen-bond acceptors (Lipinski definition) is 3. The Labute approximate surface area is 114 Å². The van der Waals surface area contributed by atoms with Gasteiger partial charge in [0.25, 0.3) is 0 Å². The summed E-state index contributed by atoms with van der Waals surface area (Å²) in [7, 11) is 0. The van der Waals surface area contributed by atoms with Gasteiger partial charge in [0.1, 0.15) is 0 Å². The van der Waals surface area contributed by atoms with Gasteiger partial charge in [-0.1, -0.05) is 39.5 Å². The van der Waals surface area contributed by atoms with Crippen molar-refractivity contribution in [2.75, 3.05) is 0 Å². The lowest BCUT2D eigenvalue weighted by Gasteiger charge is -2.38. The van der Waals surface area contributed by atoms with E-state index in [-0.39, 0.29) is 18.2 Å². The molecule has 1 aliphatic carbocycles. The van der Waals surface area contributed by atoms with Crippen LogP contribution in [0.2, 0.25) is 0 Å². The van der Waals surface area contributed by atoms with E-state index in [9.17, 15) is 9.59 Å². The highest BCUT2D eigenvalue weighted by atomic mass is 16.4. The number of rotatable bonds is 6. The molecular formula is C14H26N2O3. The number of nitrogens with two attached hydrogens (primary N) is 1. The van der Waals surface area contributed by atoms with Crippen LogP contribution < -0.4 is 11.1 Å². The van der Waals surface area contributed by atoms with Gasteiger partial charge in [-0.2, -0.15) is 0 Å². The molecule has 0 bridgehead atoms. The highest BCUT2D eigenvalue weighted by molar-refractivity contribution is 5.83. The van der Waals surface area contributed by atoms with E-state index < -0.39 is 17.6 Å². The summed E-state index contributed by atoms with van der Waals surface area (Å²) in [4.78, 5) is 23.2. The van der Waals surface area contributed by atoms with Gasteiger partial charge < -0.3 is 16.2 Å². The molecule has 0 heterocycles. The zero-order valence-corrected chi connectivity index (χ0v) is 11.9. The lowest BCUT2D eigenvalue weighted by Crippen LogP contribution is -2.56. The predicted octanol–water partition coefficient (Wildman–Crippen LogP) is 1.65. The molecule has 1 aliphatic rings. The fourth-order valence-electron chi connectivity index (χ4n) is 2.72. The van der Waals surface area contributed by atoms with Crippen molar-refractivity contribution in [1.82, 2.24) is 5.32 Å². The van der Waals surface area contributed by atoms with Crippen LogP contribution in [0.5, 0.6) is 0 Å². The Morgan fingerprint density at radius 1 is 1.32 bits per heavy atom. The maximum absolute atomic E-state index is 12.2. The van der Waals surface area contributed by atoms with Crippen molar-refractivity contribution in [3.05, 3.63) is 0 Å². The van der Waals surface area contributed by atoms with E-state index in [1.54, 1.807) is 0 Å². The minimum absolute atomic E-state index is 0.00797. The van der Waals surface area contributed by atoms with E-state index >= 15 is 0 Å². The zero-order valence-electron chi connectivity index (χ0n) is 11.9. The molecule has 1 saturated carbocycles. The van der Waals surface area contributed by atoms with Crippen molar-refractivity contribution < 1.29 is 14.7 Å². The summed E-state index contributed by atoms with van der Waals surface area (Å²) >= 11 is 0. The molecule has 1 amide bonds. The summed E-state index contributed by atoms with van der Waals surface area (Å²) in [6.07, 6.45) is 5.33. The molecule has 5 heteroatoms. The van der Waals surface area contributed by atoms with Gasteiger partial charge in [-0.25, -0.2) is 0 Å². The topological polar surface area (TPSA) is 92.4 Å². The number of hydrogen-bond donors (Lipinski definition) is 3. The standard InChI is InChI=1S/C14H26N2O3/c1-3-10(2)12(15)13(19)16-14(9-11(17)18)7-5-4-6-8-14/h10,12H,3-9,15H2,1-2H3,(H,16,19)(H,17,18)/t10?,12-/m0/s1. The van der Waals surface area contributed by atoms with Crippen molar-refractivity contribution in [3.63, 3.8) is 0 Å². The Morgan fingerprint density at radius 2 is 1.89 bits per heavy atom. The largest absolute Gasteiger partial charge is 0.481 e. The third-order valence-electron chi connectivity index (χ3n) is 4.25. The Balaban J connectivity index is 2.71. The molecule has 1 fully saturated rings. The number of carboxylic acids is 1. The van der Waals surface area contributed by atoms with E-state index in [1.807, 2.05) is 13.8 Å². The van der Waals surface area contributed by atoms with Crippen molar-refractivity contribution >= 4 is 11.9 Å².